The van der Waals surface area contributed by atoms with Crippen molar-refractivity contribution in [1.82, 2.24) is 5.32 Å². The van der Waals surface area contributed by atoms with Crippen LogP contribution in [0.15, 0.2) is 12.1 Å². The van der Waals surface area contributed by atoms with E-state index in [9.17, 15) is 0 Å². The maximum absolute atomic E-state index is 5.64. The zero-order chi connectivity index (χ0) is 10.8. The molecule has 1 fully saturated rings. The number of methoxy groups -OCH3 is 1. The predicted molar refractivity (Wildman–Crippen MR) is 64.4 cm³/mol. The highest BCUT2D eigenvalue weighted by Crippen LogP contribution is 2.40. The number of rotatable bonds is 5. The Morgan fingerprint density at radius 1 is 1.47 bits per heavy atom. The Balaban J connectivity index is 2.14. The van der Waals surface area contributed by atoms with Gasteiger partial charge in [0, 0.05) is 16.9 Å². The molecule has 0 amide bonds. The summed E-state index contributed by atoms with van der Waals surface area (Å²) in [6.07, 6.45) is 2.98. The molecule has 1 aliphatic rings. The predicted octanol–water partition coefficient (Wildman–Crippen LogP) is 2.74. The SMILES string of the molecule is CNC(c1ccc(C)s1)C(OC)C1CC1. The fourth-order valence-corrected chi connectivity index (χ4v) is 3.14. The molecule has 1 aliphatic carbocycles. The maximum Gasteiger partial charge on any atom is 0.0801 e. The maximum atomic E-state index is 5.64. The fourth-order valence-electron chi connectivity index (χ4n) is 2.11. The second kappa shape index (κ2) is 4.64. The quantitative estimate of drug-likeness (QED) is 0.832. The molecule has 0 bridgehead atoms. The van der Waals surface area contributed by atoms with Gasteiger partial charge in [-0.2, -0.15) is 0 Å². The Labute approximate surface area is 95.6 Å². The first-order valence-electron chi connectivity index (χ1n) is 5.52. The normalized spacial score (nSPS) is 20.2. The van der Waals surface area contributed by atoms with Gasteiger partial charge in [-0.15, -0.1) is 11.3 Å². The van der Waals surface area contributed by atoms with E-state index in [2.05, 4.69) is 24.4 Å². The minimum absolute atomic E-state index is 0.341. The molecular weight excluding hydrogens is 206 g/mol. The molecule has 2 rings (SSSR count). The largest absolute Gasteiger partial charge is 0.379 e. The van der Waals surface area contributed by atoms with E-state index in [1.54, 1.807) is 0 Å². The average molecular weight is 225 g/mol. The van der Waals surface area contributed by atoms with Crippen LogP contribution < -0.4 is 5.32 Å². The average Bonchev–Trinajstić information content (AvgIpc) is 2.98. The molecular formula is C12H19NOS. The van der Waals surface area contributed by atoms with Crippen molar-refractivity contribution in [1.29, 1.82) is 0 Å². The van der Waals surface area contributed by atoms with Crippen molar-refractivity contribution in [2.24, 2.45) is 5.92 Å². The fraction of sp³-hybridized carbons (Fsp3) is 0.667. The summed E-state index contributed by atoms with van der Waals surface area (Å²) in [5.41, 5.74) is 0. The van der Waals surface area contributed by atoms with Gasteiger partial charge in [0.15, 0.2) is 0 Å². The Bertz CT molecular complexity index is 319. The molecule has 2 nitrogen and oxygen atoms in total. The molecule has 1 aromatic heterocycles. The second-order valence-electron chi connectivity index (χ2n) is 4.25. The lowest BCUT2D eigenvalue weighted by atomic mass is 10.1. The highest BCUT2D eigenvalue weighted by molar-refractivity contribution is 7.12. The third-order valence-electron chi connectivity index (χ3n) is 3.07. The minimum atomic E-state index is 0.341. The van der Waals surface area contributed by atoms with Crippen molar-refractivity contribution in [3.8, 4) is 0 Å². The number of thiophene rings is 1. The molecule has 1 aromatic rings. The first-order valence-corrected chi connectivity index (χ1v) is 6.34. The first kappa shape index (κ1) is 11.1. The van der Waals surface area contributed by atoms with Crippen molar-refractivity contribution in [3.05, 3.63) is 21.9 Å². The highest BCUT2D eigenvalue weighted by atomic mass is 32.1. The zero-order valence-electron chi connectivity index (χ0n) is 9.62. The Morgan fingerprint density at radius 2 is 2.20 bits per heavy atom. The van der Waals surface area contributed by atoms with Gasteiger partial charge in [0.05, 0.1) is 12.1 Å². The van der Waals surface area contributed by atoms with E-state index < -0.39 is 0 Å². The van der Waals surface area contributed by atoms with Crippen LogP contribution in [0.3, 0.4) is 0 Å². The first-order chi connectivity index (χ1) is 7.26. The van der Waals surface area contributed by atoms with Crippen LogP contribution in [-0.2, 0) is 4.74 Å². The lowest BCUT2D eigenvalue weighted by Gasteiger charge is -2.24. The zero-order valence-corrected chi connectivity index (χ0v) is 10.4. The second-order valence-corrected chi connectivity index (χ2v) is 5.57. The molecule has 15 heavy (non-hydrogen) atoms. The minimum Gasteiger partial charge on any atom is -0.379 e. The van der Waals surface area contributed by atoms with Gasteiger partial charge < -0.3 is 10.1 Å². The summed E-state index contributed by atoms with van der Waals surface area (Å²) in [5, 5.41) is 3.39. The van der Waals surface area contributed by atoms with Crippen LogP contribution in [0.5, 0.6) is 0 Å². The van der Waals surface area contributed by atoms with Gasteiger partial charge in [0.25, 0.3) is 0 Å². The van der Waals surface area contributed by atoms with E-state index in [4.69, 9.17) is 4.74 Å². The Kier molecular flexibility index (Phi) is 3.44. The van der Waals surface area contributed by atoms with E-state index in [1.807, 2.05) is 25.5 Å². The van der Waals surface area contributed by atoms with Gasteiger partial charge in [-0.25, -0.2) is 0 Å². The summed E-state index contributed by atoms with van der Waals surface area (Å²) in [4.78, 5) is 2.77. The van der Waals surface area contributed by atoms with Crippen LogP contribution in [0.1, 0.15) is 28.6 Å². The van der Waals surface area contributed by atoms with Crippen LogP contribution in [0.2, 0.25) is 0 Å². The van der Waals surface area contributed by atoms with Crippen LogP contribution >= 0.6 is 11.3 Å². The summed E-state index contributed by atoms with van der Waals surface area (Å²) in [7, 11) is 3.85. The van der Waals surface area contributed by atoms with Crippen LogP contribution in [0, 0.1) is 12.8 Å². The van der Waals surface area contributed by atoms with E-state index in [0.29, 0.717) is 12.1 Å². The summed E-state index contributed by atoms with van der Waals surface area (Å²) < 4.78 is 5.64. The third kappa shape index (κ3) is 2.41. The molecule has 3 heteroatoms. The molecule has 0 aromatic carbocycles. The van der Waals surface area contributed by atoms with Crippen molar-refractivity contribution in [2.75, 3.05) is 14.2 Å². The van der Waals surface area contributed by atoms with Gasteiger partial charge in [0.1, 0.15) is 0 Å². The van der Waals surface area contributed by atoms with E-state index in [1.165, 1.54) is 22.6 Å². The molecule has 1 heterocycles. The lowest BCUT2D eigenvalue weighted by Crippen LogP contribution is -2.31. The molecule has 2 atom stereocenters. The standard InChI is InChI=1S/C12H19NOS/c1-8-4-7-10(15-8)11(13-2)12(14-3)9-5-6-9/h4,7,9,11-13H,5-6H2,1-3H3. The number of hydrogen-bond donors (Lipinski definition) is 1. The van der Waals surface area contributed by atoms with Crippen molar-refractivity contribution in [3.63, 3.8) is 0 Å². The Hall–Kier alpha value is -0.380. The van der Waals surface area contributed by atoms with Crippen molar-refractivity contribution in [2.45, 2.75) is 31.9 Å². The third-order valence-corrected chi connectivity index (χ3v) is 4.15. The molecule has 0 radical (unpaired) electrons. The molecule has 2 unspecified atom stereocenters. The van der Waals surface area contributed by atoms with Gasteiger partial charge in [-0.1, -0.05) is 0 Å². The lowest BCUT2D eigenvalue weighted by molar-refractivity contribution is 0.0541. The Morgan fingerprint density at radius 3 is 2.60 bits per heavy atom. The van der Waals surface area contributed by atoms with Crippen LogP contribution in [0.4, 0.5) is 0 Å². The van der Waals surface area contributed by atoms with Crippen LogP contribution in [0.25, 0.3) is 0 Å². The summed E-state index contributed by atoms with van der Waals surface area (Å²) in [5.74, 6) is 0.759. The van der Waals surface area contributed by atoms with Crippen molar-refractivity contribution >= 4 is 11.3 Å². The number of likely N-dealkylation sites (N-methyl/N-ethyl adjacent to an activating group) is 1. The van der Waals surface area contributed by atoms with E-state index in [0.717, 1.165) is 5.92 Å². The highest BCUT2D eigenvalue weighted by Gasteiger charge is 2.37. The van der Waals surface area contributed by atoms with Gasteiger partial charge in [-0.3, -0.25) is 0 Å². The smallest absolute Gasteiger partial charge is 0.0801 e. The molecule has 1 N–H and O–H groups in total. The number of hydrogen-bond acceptors (Lipinski definition) is 3. The monoisotopic (exact) mass is 225 g/mol. The number of aryl methyl sites for hydroxylation is 1. The molecule has 0 aliphatic heterocycles. The molecule has 1 saturated carbocycles. The summed E-state index contributed by atoms with van der Waals surface area (Å²) >= 11 is 1.87. The van der Waals surface area contributed by atoms with Gasteiger partial charge in [-0.05, 0) is 44.9 Å². The molecule has 0 saturated heterocycles. The summed E-state index contributed by atoms with van der Waals surface area (Å²) in [6.45, 7) is 2.15. The summed E-state index contributed by atoms with van der Waals surface area (Å²) in [6, 6.07) is 4.76. The van der Waals surface area contributed by atoms with Crippen molar-refractivity contribution < 1.29 is 4.74 Å². The van der Waals surface area contributed by atoms with E-state index >= 15 is 0 Å². The number of ether oxygens (including phenoxy) is 1. The topological polar surface area (TPSA) is 21.3 Å². The van der Waals surface area contributed by atoms with Gasteiger partial charge in [0.2, 0.25) is 0 Å². The number of nitrogens with one attached hydrogen (secondary N) is 1. The van der Waals surface area contributed by atoms with Gasteiger partial charge >= 0.3 is 0 Å². The molecule has 84 valence electrons. The van der Waals surface area contributed by atoms with Crippen LogP contribution in [-0.4, -0.2) is 20.3 Å². The molecule has 0 spiro atoms. The van der Waals surface area contributed by atoms with E-state index in [-0.39, 0.29) is 0 Å².